The highest BCUT2D eigenvalue weighted by Crippen LogP contribution is 2.62. The summed E-state index contributed by atoms with van der Waals surface area (Å²) in [4.78, 5) is 36.9. The topological polar surface area (TPSA) is 119 Å². The summed E-state index contributed by atoms with van der Waals surface area (Å²) in [6, 6.07) is 21.2. The Bertz CT molecular complexity index is 2010. The number of benzene rings is 3. The fraction of sp³-hybridized carbons (Fsp3) is 0.650. The first kappa shape index (κ1) is 56.3. The predicted molar refractivity (Wildman–Crippen MR) is 276 cm³/mol. The molecule has 2 atom stereocenters. The molecule has 5 fully saturated rings. The Morgan fingerprint density at radius 1 is 0.603 bits per heavy atom. The zero-order chi connectivity index (χ0) is 50.6. The minimum absolute atomic E-state index is 0.0226. The van der Waals surface area contributed by atoms with Gasteiger partial charge in [0.15, 0.2) is 11.5 Å². The molecule has 378 valence electrons. The standard InChI is InChI=1S/C19H32O2.C17H18O3.C14H26O2.C10H14O/c1-6-18(4,5)17(20)21-19(12(2)3)15-8-13-7-14(10-15)11-16(19)9-13;1-3-12(2)13-8-10-14(11-9-13)17(19)20-16-7-5-4-6-15(16)18;1-6-13(4,5)12(15)16-14(11(2)3)9-7-8-10-14;1-3-8(2)9-4-6-10(11)7-5-9/h12-16H,6-11H2,1-5H3;4-12,18H,3H2,1-2H3;11H,6-10H2,1-5H3;4-8,11H,3H2,1-2H3. The third kappa shape index (κ3) is 13.9. The van der Waals surface area contributed by atoms with Gasteiger partial charge in [-0.15, -0.1) is 0 Å². The third-order valence-electron chi connectivity index (χ3n) is 16.7. The first-order valence-electron chi connectivity index (χ1n) is 26.3. The molecule has 0 heterocycles. The van der Waals surface area contributed by atoms with E-state index in [0.717, 1.165) is 50.4 Å². The second-order valence-corrected chi connectivity index (χ2v) is 22.7. The minimum Gasteiger partial charge on any atom is -0.508 e. The zero-order valence-corrected chi connectivity index (χ0v) is 44.6. The van der Waals surface area contributed by atoms with Gasteiger partial charge < -0.3 is 24.4 Å². The number of aromatic hydroxyl groups is 2. The Hall–Kier alpha value is -4.33. The van der Waals surface area contributed by atoms with Crippen molar-refractivity contribution in [3.63, 3.8) is 0 Å². The Morgan fingerprint density at radius 2 is 1.04 bits per heavy atom. The first-order chi connectivity index (χ1) is 32.0. The van der Waals surface area contributed by atoms with Crippen LogP contribution in [0.25, 0.3) is 0 Å². The molecule has 8 heteroatoms. The van der Waals surface area contributed by atoms with Gasteiger partial charge in [0.1, 0.15) is 17.0 Å². The molecule has 5 aliphatic rings. The van der Waals surface area contributed by atoms with Gasteiger partial charge in [-0.1, -0.05) is 106 Å². The highest BCUT2D eigenvalue weighted by molar-refractivity contribution is 5.91. The van der Waals surface area contributed by atoms with Crippen LogP contribution in [0.15, 0.2) is 72.8 Å². The van der Waals surface area contributed by atoms with Crippen molar-refractivity contribution in [2.75, 3.05) is 0 Å². The molecule has 0 saturated heterocycles. The minimum atomic E-state index is -0.470. The van der Waals surface area contributed by atoms with Crippen LogP contribution in [-0.2, 0) is 19.1 Å². The first-order valence-corrected chi connectivity index (χ1v) is 26.3. The molecule has 0 spiro atoms. The van der Waals surface area contributed by atoms with Crippen molar-refractivity contribution < 1.29 is 38.8 Å². The van der Waals surface area contributed by atoms with Gasteiger partial charge >= 0.3 is 17.9 Å². The Morgan fingerprint density at radius 3 is 1.46 bits per heavy atom. The van der Waals surface area contributed by atoms with Crippen LogP contribution in [0.5, 0.6) is 17.2 Å². The van der Waals surface area contributed by atoms with Crippen molar-refractivity contribution in [2.45, 2.75) is 203 Å². The molecule has 0 radical (unpaired) electrons. The molecule has 3 aromatic carbocycles. The van der Waals surface area contributed by atoms with E-state index in [1.807, 2.05) is 58.9 Å². The molecule has 0 aliphatic heterocycles. The molecule has 2 N–H and O–H groups in total. The number of carbonyl (C=O) groups excluding carboxylic acids is 3. The van der Waals surface area contributed by atoms with E-state index in [1.54, 1.807) is 42.5 Å². The SMILES string of the molecule is CCC(C)(C)C(=O)OC1(C(C)C)C2CC3CC(C2)CC1C3.CCC(C)(C)C(=O)OC1(C(C)C)CCCC1.CCC(C)c1ccc(C(=O)Oc2ccccc2O)cc1.CCC(C)c1ccc(O)cc1. The van der Waals surface area contributed by atoms with E-state index in [0.29, 0.717) is 46.8 Å². The second kappa shape index (κ2) is 24.5. The van der Waals surface area contributed by atoms with Crippen molar-refractivity contribution in [3.05, 3.63) is 89.5 Å². The van der Waals surface area contributed by atoms with Gasteiger partial charge in [-0.05, 0) is 206 Å². The number of rotatable bonds is 14. The van der Waals surface area contributed by atoms with E-state index in [1.165, 1.54) is 62.1 Å². The predicted octanol–water partition coefficient (Wildman–Crippen LogP) is 15.8. The van der Waals surface area contributed by atoms with Crippen LogP contribution in [0.1, 0.15) is 214 Å². The molecule has 8 rings (SSSR count). The largest absolute Gasteiger partial charge is 0.508 e. The molecule has 68 heavy (non-hydrogen) atoms. The highest BCUT2D eigenvalue weighted by Gasteiger charge is 2.61. The van der Waals surface area contributed by atoms with E-state index in [-0.39, 0.29) is 45.5 Å². The monoisotopic (exact) mass is 939 g/mol. The molecule has 2 unspecified atom stereocenters. The Balaban J connectivity index is 0.000000203. The van der Waals surface area contributed by atoms with Crippen molar-refractivity contribution >= 4 is 17.9 Å². The van der Waals surface area contributed by atoms with Crippen molar-refractivity contribution in [2.24, 2.45) is 46.3 Å². The average Bonchev–Trinajstić information content (AvgIpc) is 3.81. The molecule has 4 bridgehead atoms. The van der Waals surface area contributed by atoms with Crippen LogP contribution in [-0.4, -0.2) is 39.3 Å². The van der Waals surface area contributed by atoms with Gasteiger partial charge in [-0.2, -0.15) is 0 Å². The maximum Gasteiger partial charge on any atom is 0.343 e. The normalized spacial score (nSPS) is 23.2. The Kier molecular flexibility index (Phi) is 20.3. The maximum atomic E-state index is 12.8. The third-order valence-corrected chi connectivity index (χ3v) is 16.7. The van der Waals surface area contributed by atoms with Gasteiger partial charge in [0.05, 0.1) is 16.4 Å². The van der Waals surface area contributed by atoms with E-state index < -0.39 is 5.97 Å². The zero-order valence-electron chi connectivity index (χ0n) is 44.6. The number of carbonyl (C=O) groups is 3. The number of hydrogen-bond donors (Lipinski definition) is 2. The number of ether oxygens (including phenoxy) is 3. The van der Waals surface area contributed by atoms with Gasteiger partial charge in [0, 0.05) is 0 Å². The number of para-hydroxylation sites is 2. The van der Waals surface area contributed by atoms with Crippen LogP contribution in [0.3, 0.4) is 0 Å². The van der Waals surface area contributed by atoms with Crippen LogP contribution >= 0.6 is 0 Å². The quantitative estimate of drug-likeness (QED) is 0.121. The van der Waals surface area contributed by atoms with E-state index in [9.17, 15) is 19.5 Å². The van der Waals surface area contributed by atoms with Crippen molar-refractivity contribution in [3.8, 4) is 17.2 Å². The fourth-order valence-electron chi connectivity index (χ4n) is 10.8. The molecule has 0 amide bonds. The Labute approximate surface area is 411 Å². The lowest BCUT2D eigenvalue weighted by molar-refractivity contribution is -0.231. The summed E-state index contributed by atoms with van der Waals surface area (Å²) < 4.78 is 17.4. The van der Waals surface area contributed by atoms with Crippen molar-refractivity contribution in [1.29, 1.82) is 0 Å². The van der Waals surface area contributed by atoms with Crippen LogP contribution < -0.4 is 4.74 Å². The lowest BCUT2D eigenvalue weighted by Gasteiger charge is -2.62. The molecule has 8 nitrogen and oxygen atoms in total. The summed E-state index contributed by atoms with van der Waals surface area (Å²) in [5, 5.41) is 18.6. The summed E-state index contributed by atoms with van der Waals surface area (Å²) in [7, 11) is 0. The number of phenolic OH excluding ortho intramolecular Hbond substituents is 2. The van der Waals surface area contributed by atoms with Crippen LogP contribution in [0, 0.1) is 46.3 Å². The number of esters is 3. The summed E-state index contributed by atoms with van der Waals surface area (Å²) >= 11 is 0. The molecule has 5 aliphatic carbocycles. The van der Waals surface area contributed by atoms with E-state index in [2.05, 4.69) is 62.3 Å². The van der Waals surface area contributed by atoms with Gasteiger partial charge in [0.25, 0.3) is 0 Å². The molecule has 0 aromatic heterocycles. The maximum absolute atomic E-state index is 12.8. The molecule has 3 aromatic rings. The van der Waals surface area contributed by atoms with Crippen LogP contribution in [0.2, 0.25) is 0 Å². The van der Waals surface area contributed by atoms with E-state index in [4.69, 9.17) is 19.3 Å². The molecular weight excluding hydrogens is 849 g/mol. The van der Waals surface area contributed by atoms with Gasteiger partial charge in [-0.3, -0.25) is 9.59 Å². The fourth-order valence-corrected chi connectivity index (χ4v) is 10.8. The van der Waals surface area contributed by atoms with E-state index >= 15 is 0 Å². The smallest absolute Gasteiger partial charge is 0.343 e. The lowest BCUT2D eigenvalue weighted by Crippen LogP contribution is -2.63. The summed E-state index contributed by atoms with van der Waals surface area (Å²) in [6.07, 6.45) is 15.0. The lowest BCUT2D eigenvalue weighted by atomic mass is 9.47. The second-order valence-electron chi connectivity index (χ2n) is 22.7. The average molecular weight is 939 g/mol. The van der Waals surface area contributed by atoms with Crippen molar-refractivity contribution in [1.82, 2.24) is 0 Å². The van der Waals surface area contributed by atoms with Gasteiger partial charge in [0.2, 0.25) is 0 Å². The molecular formula is C60H90O8. The number of hydrogen-bond acceptors (Lipinski definition) is 8. The van der Waals surface area contributed by atoms with Crippen LogP contribution in [0.4, 0.5) is 0 Å². The summed E-state index contributed by atoms with van der Waals surface area (Å²) in [5.41, 5.74) is 1.93. The summed E-state index contributed by atoms with van der Waals surface area (Å²) in [6.45, 7) is 29.6. The summed E-state index contributed by atoms with van der Waals surface area (Å²) in [5.74, 6) is 4.99. The highest BCUT2D eigenvalue weighted by atomic mass is 16.6. The molecule has 5 saturated carbocycles. The number of phenols is 2. The van der Waals surface area contributed by atoms with Gasteiger partial charge in [-0.25, -0.2) is 4.79 Å².